The van der Waals surface area contributed by atoms with E-state index in [2.05, 4.69) is 35.4 Å². The number of amides is 2. The highest BCUT2D eigenvalue weighted by molar-refractivity contribution is 6.30. The number of halogens is 3. The van der Waals surface area contributed by atoms with Crippen molar-refractivity contribution in [1.29, 1.82) is 0 Å². The number of fused-ring (bicyclic) bond motifs is 8. The summed E-state index contributed by atoms with van der Waals surface area (Å²) < 4.78 is 12.9. The largest absolute Gasteiger partial charge is 0.366 e. The topological polar surface area (TPSA) is 89.5 Å². The Morgan fingerprint density at radius 2 is 1.72 bits per heavy atom. The number of nitrogens with zero attached hydrogens (tertiary/aromatic N) is 6. The Morgan fingerprint density at radius 1 is 0.972 bits per heavy atom. The summed E-state index contributed by atoms with van der Waals surface area (Å²) in [4.78, 5) is 31.3. The summed E-state index contributed by atoms with van der Waals surface area (Å²) in [5.41, 5.74) is 2.09. The number of hydrogen-bond acceptors (Lipinski definition) is 7. The molecule has 2 fully saturated rings. The lowest BCUT2D eigenvalue weighted by Gasteiger charge is -2.35. The molecule has 2 saturated heterocycles. The van der Waals surface area contributed by atoms with Crippen LogP contribution in [0.15, 0.2) is 42.6 Å². The van der Waals surface area contributed by atoms with Gasteiger partial charge in [0.05, 0.1) is 23.6 Å². The van der Waals surface area contributed by atoms with E-state index in [4.69, 9.17) is 23.2 Å². The van der Waals surface area contributed by atoms with Gasteiger partial charge in [-0.1, -0.05) is 23.2 Å². The van der Waals surface area contributed by atoms with Crippen LogP contribution >= 0.6 is 23.2 Å². The van der Waals surface area contributed by atoms with Gasteiger partial charge < -0.3 is 15.1 Å². The summed E-state index contributed by atoms with van der Waals surface area (Å²) >= 11 is 11.8. The fourth-order valence-electron chi connectivity index (χ4n) is 5.15. The first kappa shape index (κ1) is 23.1. The van der Waals surface area contributed by atoms with Crippen LogP contribution in [0.4, 0.5) is 38.0 Å². The van der Waals surface area contributed by atoms with Crippen LogP contribution < -0.4 is 25.3 Å². The third kappa shape index (κ3) is 4.35. The van der Waals surface area contributed by atoms with Gasteiger partial charge in [0.1, 0.15) is 21.9 Å². The second kappa shape index (κ2) is 9.25. The van der Waals surface area contributed by atoms with Gasteiger partial charge in [-0.3, -0.25) is 10.2 Å². The highest BCUT2D eigenvalue weighted by Gasteiger charge is 2.40. The van der Waals surface area contributed by atoms with E-state index in [0.717, 1.165) is 50.3 Å². The summed E-state index contributed by atoms with van der Waals surface area (Å²) in [6.07, 6.45) is 3.12. The van der Waals surface area contributed by atoms with E-state index >= 15 is 0 Å². The average molecular weight is 529 g/mol. The third-order valence-electron chi connectivity index (χ3n) is 6.81. The summed E-state index contributed by atoms with van der Waals surface area (Å²) in [5, 5.41) is 6.98. The molecule has 7 rings (SSSR count). The first-order valence-corrected chi connectivity index (χ1v) is 12.5. The second-order valence-corrected chi connectivity index (χ2v) is 9.88. The van der Waals surface area contributed by atoms with Crippen LogP contribution in [-0.2, 0) is 0 Å². The maximum Gasteiger partial charge on any atom is 0.329 e. The molecule has 0 aromatic carbocycles. The zero-order chi connectivity index (χ0) is 24.8. The standard InChI is InChI=1S/C15H13ClFN5O.C9H10ClN3/c16-12-3-2-11-14(19-12)22(10-5-6-21(11)8-10)15(23)20-13-4-1-9(17)7-18-13;10-8-2-1-7-9(12-8)11-6-3-4-13(7)5-6/h1-4,7,10H,5-6,8H2,(H,18,20,23);1-2,6H,3-5H2,(H,11,12)/t10-;6-/m00/s1. The minimum absolute atomic E-state index is 0.0360. The number of pyridine rings is 3. The van der Waals surface area contributed by atoms with E-state index in [1.807, 2.05) is 18.2 Å². The van der Waals surface area contributed by atoms with E-state index in [1.54, 1.807) is 11.0 Å². The van der Waals surface area contributed by atoms with Gasteiger partial charge in [-0.05, 0) is 49.2 Å². The Bertz CT molecular complexity index is 1310. The summed E-state index contributed by atoms with van der Waals surface area (Å²) in [5.74, 6) is 1.33. The molecule has 0 spiro atoms. The molecule has 36 heavy (non-hydrogen) atoms. The molecular weight excluding hydrogens is 506 g/mol. The quantitative estimate of drug-likeness (QED) is 0.444. The number of aromatic nitrogens is 3. The van der Waals surface area contributed by atoms with E-state index in [0.29, 0.717) is 28.0 Å². The molecule has 0 saturated carbocycles. The SMILES string of the molecule is Clc1ccc2c(n1)N[C@H]1CCN2C1.O=C(Nc1ccc(F)cn1)N1c2nc(Cl)ccc2N2CC[C@H]1C2. The lowest BCUT2D eigenvalue weighted by molar-refractivity contribution is 0.254. The molecule has 12 heteroatoms. The smallest absolute Gasteiger partial charge is 0.329 e. The zero-order valence-corrected chi connectivity index (χ0v) is 20.7. The van der Waals surface area contributed by atoms with Crippen molar-refractivity contribution in [3.05, 3.63) is 58.7 Å². The van der Waals surface area contributed by atoms with Crippen LogP contribution in [0.25, 0.3) is 0 Å². The highest BCUT2D eigenvalue weighted by atomic mass is 35.5. The molecule has 9 nitrogen and oxygen atoms in total. The molecule has 0 radical (unpaired) electrons. The monoisotopic (exact) mass is 528 g/mol. The van der Waals surface area contributed by atoms with Crippen molar-refractivity contribution >= 4 is 58.1 Å². The van der Waals surface area contributed by atoms with Crippen LogP contribution in [0.5, 0.6) is 0 Å². The van der Waals surface area contributed by atoms with E-state index in [9.17, 15) is 9.18 Å². The molecule has 2 N–H and O–H groups in total. The molecule has 4 aliphatic heterocycles. The molecule has 2 amide bonds. The Morgan fingerprint density at radius 3 is 2.53 bits per heavy atom. The predicted molar refractivity (Wildman–Crippen MR) is 139 cm³/mol. The molecule has 3 aromatic heterocycles. The molecule has 7 heterocycles. The van der Waals surface area contributed by atoms with Gasteiger partial charge in [-0.25, -0.2) is 24.1 Å². The molecular formula is C24H23Cl2FN8O. The van der Waals surface area contributed by atoms with Crippen molar-refractivity contribution < 1.29 is 9.18 Å². The minimum atomic E-state index is -0.453. The Balaban J connectivity index is 0.000000155. The number of anilines is 5. The highest BCUT2D eigenvalue weighted by Crippen LogP contribution is 2.39. The van der Waals surface area contributed by atoms with E-state index in [-0.39, 0.29) is 12.1 Å². The summed E-state index contributed by atoms with van der Waals surface area (Å²) in [6, 6.07) is 10.4. The maximum atomic E-state index is 12.9. The number of carbonyl (C=O) groups excluding carboxylic acids is 1. The summed E-state index contributed by atoms with van der Waals surface area (Å²) in [6.45, 7) is 3.88. The number of rotatable bonds is 1. The first-order chi connectivity index (χ1) is 17.4. The Labute approximate surface area is 217 Å². The second-order valence-electron chi connectivity index (χ2n) is 9.10. The van der Waals surface area contributed by atoms with Gasteiger partial charge in [0, 0.05) is 32.2 Å². The number of nitrogens with one attached hydrogen (secondary N) is 2. The van der Waals surface area contributed by atoms with Crippen molar-refractivity contribution in [2.24, 2.45) is 0 Å². The van der Waals surface area contributed by atoms with Crippen LogP contribution in [-0.4, -0.2) is 59.2 Å². The van der Waals surface area contributed by atoms with Crippen molar-refractivity contribution in [3.8, 4) is 0 Å². The van der Waals surface area contributed by atoms with Crippen molar-refractivity contribution in [2.75, 3.05) is 51.5 Å². The zero-order valence-electron chi connectivity index (χ0n) is 19.2. The van der Waals surface area contributed by atoms with Crippen LogP contribution in [0.3, 0.4) is 0 Å². The molecule has 3 aromatic rings. The lowest BCUT2D eigenvalue weighted by atomic mass is 10.2. The van der Waals surface area contributed by atoms with Gasteiger partial charge in [-0.15, -0.1) is 0 Å². The molecule has 0 aliphatic carbocycles. The molecule has 186 valence electrons. The van der Waals surface area contributed by atoms with Crippen molar-refractivity contribution in [2.45, 2.75) is 24.9 Å². The normalized spacial score (nSPS) is 20.7. The lowest BCUT2D eigenvalue weighted by Crippen LogP contribution is -2.48. The van der Waals surface area contributed by atoms with Gasteiger partial charge in [-0.2, -0.15) is 0 Å². The number of hydrogen-bond donors (Lipinski definition) is 2. The van der Waals surface area contributed by atoms with Gasteiger partial charge in [0.15, 0.2) is 11.6 Å². The molecule has 4 bridgehead atoms. The van der Waals surface area contributed by atoms with E-state index in [1.165, 1.54) is 24.2 Å². The van der Waals surface area contributed by atoms with Gasteiger partial charge in [0.2, 0.25) is 0 Å². The van der Waals surface area contributed by atoms with E-state index < -0.39 is 5.82 Å². The van der Waals surface area contributed by atoms with Crippen LogP contribution in [0.1, 0.15) is 12.8 Å². The van der Waals surface area contributed by atoms with Crippen LogP contribution in [0.2, 0.25) is 10.3 Å². The third-order valence-corrected chi connectivity index (χ3v) is 7.23. The number of carbonyl (C=O) groups is 1. The molecule has 2 atom stereocenters. The van der Waals surface area contributed by atoms with Gasteiger partial charge >= 0.3 is 6.03 Å². The molecule has 4 aliphatic rings. The average Bonchev–Trinajstić information content (AvgIpc) is 3.45. The Kier molecular flexibility index (Phi) is 5.93. The first-order valence-electron chi connectivity index (χ1n) is 11.8. The van der Waals surface area contributed by atoms with Crippen molar-refractivity contribution in [3.63, 3.8) is 0 Å². The molecule has 0 unspecified atom stereocenters. The minimum Gasteiger partial charge on any atom is -0.366 e. The fraction of sp³-hybridized carbons (Fsp3) is 0.333. The van der Waals surface area contributed by atoms with Crippen LogP contribution in [0, 0.1) is 5.82 Å². The number of urea groups is 1. The predicted octanol–water partition coefficient (Wildman–Crippen LogP) is 4.64. The summed E-state index contributed by atoms with van der Waals surface area (Å²) in [7, 11) is 0. The maximum absolute atomic E-state index is 12.9. The van der Waals surface area contributed by atoms with Crippen molar-refractivity contribution in [1.82, 2.24) is 15.0 Å². The van der Waals surface area contributed by atoms with Gasteiger partial charge in [0.25, 0.3) is 0 Å². The fourth-order valence-corrected chi connectivity index (χ4v) is 5.44. The Hall–Kier alpha value is -3.37.